The Labute approximate surface area is 194 Å². The maximum atomic E-state index is 13.3. The summed E-state index contributed by atoms with van der Waals surface area (Å²) in [6, 6.07) is 17.2. The van der Waals surface area contributed by atoms with Crippen LogP contribution in [0, 0.1) is 0 Å². The Kier molecular flexibility index (Phi) is 5.62. The lowest BCUT2D eigenvalue weighted by atomic mass is 9.67. The van der Waals surface area contributed by atoms with Gasteiger partial charge < -0.3 is 11.1 Å². The Balaban J connectivity index is 1.96. The van der Waals surface area contributed by atoms with E-state index < -0.39 is 5.41 Å². The van der Waals surface area contributed by atoms with Crippen molar-refractivity contribution in [3.63, 3.8) is 0 Å². The van der Waals surface area contributed by atoms with Crippen molar-refractivity contribution >= 4 is 49.5 Å². The van der Waals surface area contributed by atoms with Gasteiger partial charge in [0.1, 0.15) is 4.88 Å². The number of nitrogens with one attached hydrogen (secondary N) is 1. The fourth-order valence-electron chi connectivity index (χ4n) is 4.42. The van der Waals surface area contributed by atoms with Gasteiger partial charge in [-0.05, 0) is 31.5 Å². The van der Waals surface area contributed by atoms with Crippen LogP contribution in [-0.2, 0) is 10.2 Å². The molecule has 2 aromatic carbocycles. The summed E-state index contributed by atoms with van der Waals surface area (Å²) in [6.07, 6.45) is 0.389. The molecule has 0 radical (unpaired) electrons. The highest BCUT2D eigenvalue weighted by Gasteiger charge is 2.45. The van der Waals surface area contributed by atoms with E-state index in [-0.39, 0.29) is 11.6 Å². The lowest BCUT2D eigenvalue weighted by molar-refractivity contribution is -0.115. The Morgan fingerprint density at radius 1 is 1.13 bits per heavy atom. The summed E-state index contributed by atoms with van der Waals surface area (Å²) in [5.74, 6) is -0.0658. The number of benzene rings is 2. The molecular weight excluding hydrogens is 472 g/mol. The molecule has 3 aromatic rings. The van der Waals surface area contributed by atoms with Crippen LogP contribution in [0.3, 0.4) is 0 Å². The molecule has 0 saturated heterocycles. The lowest BCUT2D eigenvalue weighted by Gasteiger charge is -2.38. The van der Waals surface area contributed by atoms with Crippen molar-refractivity contribution in [2.24, 2.45) is 0 Å². The maximum Gasteiger partial charge on any atom is 0.205 e. The molecule has 1 aliphatic heterocycles. The number of hydrogen-bond acceptors (Lipinski definition) is 5. The van der Waals surface area contributed by atoms with Gasteiger partial charge in [-0.25, -0.2) is 0 Å². The molecule has 2 heterocycles. The Morgan fingerprint density at radius 2 is 1.84 bits per heavy atom. The van der Waals surface area contributed by atoms with Crippen LogP contribution < -0.4 is 11.1 Å². The molecule has 0 aliphatic carbocycles. The molecule has 158 valence electrons. The highest BCUT2D eigenvalue weighted by molar-refractivity contribution is 9.10. The van der Waals surface area contributed by atoms with Crippen molar-refractivity contribution in [1.29, 1.82) is 0 Å². The number of carbonyl (C=O) groups is 2. The van der Waals surface area contributed by atoms with E-state index in [4.69, 9.17) is 5.73 Å². The number of halogens is 1. The SMILES string of the molecule is CCC(=O)C1=C(C)Nc2sc(C(=O)c3cccc(Br)c3)c(N)c2C1(C)c1ccccc1. The van der Waals surface area contributed by atoms with Crippen molar-refractivity contribution in [2.75, 3.05) is 11.1 Å². The van der Waals surface area contributed by atoms with Crippen molar-refractivity contribution in [2.45, 2.75) is 32.6 Å². The second-order valence-corrected chi connectivity index (χ2v) is 9.72. The summed E-state index contributed by atoms with van der Waals surface area (Å²) < 4.78 is 0.832. The topological polar surface area (TPSA) is 72.2 Å². The van der Waals surface area contributed by atoms with Gasteiger partial charge in [0.2, 0.25) is 5.78 Å². The third-order valence-electron chi connectivity index (χ3n) is 5.87. The van der Waals surface area contributed by atoms with E-state index in [1.54, 1.807) is 12.1 Å². The van der Waals surface area contributed by atoms with Crippen LogP contribution in [0.15, 0.2) is 70.3 Å². The van der Waals surface area contributed by atoms with Gasteiger partial charge >= 0.3 is 0 Å². The van der Waals surface area contributed by atoms with E-state index in [0.29, 0.717) is 28.1 Å². The first-order chi connectivity index (χ1) is 14.8. The Bertz CT molecular complexity index is 1230. The number of nitrogen functional groups attached to an aromatic ring is 1. The average Bonchev–Trinajstić information content (AvgIpc) is 3.10. The number of fused-ring (bicyclic) bond motifs is 1. The van der Waals surface area contributed by atoms with Crippen LogP contribution in [0.5, 0.6) is 0 Å². The minimum absolute atomic E-state index is 0.0625. The number of thiophene rings is 1. The lowest BCUT2D eigenvalue weighted by Crippen LogP contribution is -2.36. The maximum absolute atomic E-state index is 13.3. The fraction of sp³-hybridized carbons (Fsp3) is 0.200. The summed E-state index contributed by atoms with van der Waals surface area (Å²) >= 11 is 4.78. The first kappa shape index (κ1) is 21.5. The molecule has 0 bridgehead atoms. The zero-order chi connectivity index (χ0) is 22.3. The highest BCUT2D eigenvalue weighted by Crippen LogP contribution is 2.54. The van der Waals surface area contributed by atoms with Gasteiger partial charge in [0, 0.05) is 33.3 Å². The van der Waals surface area contributed by atoms with Gasteiger partial charge in [-0.2, -0.15) is 0 Å². The number of hydrogen-bond donors (Lipinski definition) is 2. The molecule has 0 spiro atoms. The third kappa shape index (κ3) is 3.44. The predicted octanol–water partition coefficient (Wildman–Crippen LogP) is 6.31. The van der Waals surface area contributed by atoms with E-state index in [9.17, 15) is 9.59 Å². The number of rotatable bonds is 5. The van der Waals surface area contributed by atoms with E-state index in [0.717, 1.165) is 26.3 Å². The monoisotopic (exact) mass is 494 g/mol. The number of carbonyl (C=O) groups excluding carboxylic acids is 2. The number of nitrogens with two attached hydrogens (primary N) is 1. The fourth-order valence-corrected chi connectivity index (χ4v) is 6.06. The first-order valence-corrected chi connectivity index (χ1v) is 11.7. The molecule has 4 rings (SSSR count). The van der Waals surface area contributed by atoms with Gasteiger partial charge in [0.15, 0.2) is 5.78 Å². The van der Waals surface area contributed by atoms with E-state index in [1.165, 1.54) is 11.3 Å². The molecule has 3 N–H and O–H groups in total. The van der Waals surface area contributed by atoms with Gasteiger partial charge in [0.05, 0.1) is 16.1 Å². The number of Topliss-reactive ketones (excluding diaryl/α,β-unsaturated/α-hetero) is 1. The smallest absolute Gasteiger partial charge is 0.205 e. The number of ketones is 2. The molecule has 1 aromatic heterocycles. The quantitative estimate of drug-likeness (QED) is 0.407. The molecule has 0 fully saturated rings. The highest BCUT2D eigenvalue weighted by atomic mass is 79.9. The van der Waals surface area contributed by atoms with Crippen molar-refractivity contribution < 1.29 is 9.59 Å². The van der Waals surface area contributed by atoms with Crippen LogP contribution in [0.2, 0.25) is 0 Å². The largest absolute Gasteiger partial charge is 0.397 e. The molecule has 1 unspecified atom stereocenters. The zero-order valence-electron chi connectivity index (χ0n) is 17.6. The molecule has 0 saturated carbocycles. The van der Waals surface area contributed by atoms with Gasteiger partial charge in [0.25, 0.3) is 0 Å². The van der Waals surface area contributed by atoms with Crippen LogP contribution in [0.25, 0.3) is 0 Å². The summed E-state index contributed by atoms with van der Waals surface area (Å²) in [5.41, 5.74) is 10.2. The van der Waals surface area contributed by atoms with E-state index >= 15 is 0 Å². The molecule has 4 nitrogen and oxygen atoms in total. The normalized spacial score (nSPS) is 17.8. The Hall–Kier alpha value is -2.70. The minimum atomic E-state index is -0.755. The first-order valence-electron chi connectivity index (χ1n) is 10.1. The summed E-state index contributed by atoms with van der Waals surface area (Å²) in [6.45, 7) is 5.81. The van der Waals surface area contributed by atoms with Crippen LogP contribution >= 0.6 is 27.3 Å². The minimum Gasteiger partial charge on any atom is -0.397 e. The van der Waals surface area contributed by atoms with Gasteiger partial charge in [-0.1, -0.05) is 65.3 Å². The van der Waals surface area contributed by atoms with Crippen LogP contribution in [-0.4, -0.2) is 11.6 Å². The van der Waals surface area contributed by atoms with Crippen molar-refractivity contribution in [3.8, 4) is 0 Å². The van der Waals surface area contributed by atoms with Crippen molar-refractivity contribution in [1.82, 2.24) is 0 Å². The van der Waals surface area contributed by atoms with E-state index in [2.05, 4.69) is 21.2 Å². The molecule has 1 atom stereocenters. The van der Waals surface area contributed by atoms with Crippen molar-refractivity contribution in [3.05, 3.63) is 91.9 Å². The zero-order valence-corrected chi connectivity index (χ0v) is 20.0. The van der Waals surface area contributed by atoms with Crippen LogP contribution in [0.1, 0.15) is 53.6 Å². The predicted molar refractivity (Wildman–Crippen MR) is 131 cm³/mol. The molecule has 1 aliphatic rings. The molecular formula is C25H23BrN2O2S. The standard InChI is InChI=1S/C25H23BrN2O2S/c1-4-18(29)19-14(2)28-24-20(25(19,3)16-10-6-5-7-11-16)21(27)23(31-24)22(30)15-9-8-12-17(26)13-15/h5-13,28H,4,27H2,1-3H3. The average molecular weight is 495 g/mol. The molecule has 0 amide bonds. The van der Waals surface area contributed by atoms with Crippen LogP contribution in [0.4, 0.5) is 10.7 Å². The molecule has 31 heavy (non-hydrogen) atoms. The summed E-state index contributed by atoms with van der Waals surface area (Å²) in [4.78, 5) is 26.9. The third-order valence-corrected chi connectivity index (χ3v) is 7.48. The second-order valence-electron chi connectivity index (χ2n) is 7.78. The number of allylic oxidation sites excluding steroid dienone is 2. The second kappa shape index (κ2) is 8.09. The summed E-state index contributed by atoms with van der Waals surface area (Å²) in [7, 11) is 0. The summed E-state index contributed by atoms with van der Waals surface area (Å²) in [5, 5.41) is 4.18. The number of anilines is 2. The Morgan fingerprint density at radius 3 is 2.48 bits per heavy atom. The molecule has 6 heteroatoms. The van der Waals surface area contributed by atoms with Gasteiger partial charge in [-0.3, -0.25) is 9.59 Å². The van der Waals surface area contributed by atoms with Gasteiger partial charge in [-0.15, -0.1) is 11.3 Å². The van der Waals surface area contributed by atoms with E-state index in [1.807, 2.05) is 63.2 Å².